The van der Waals surface area contributed by atoms with E-state index in [2.05, 4.69) is 40.1 Å². The van der Waals surface area contributed by atoms with Crippen LogP contribution in [0.4, 0.5) is 0 Å². The topological polar surface area (TPSA) is 12.9 Å². The van der Waals surface area contributed by atoms with Crippen LogP contribution in [0.5, 0.6) is 0 Å². The van der Waals surface area contributed by atoms with Crippen LogP contribution in [0.15, 0.2) is 5.38 Å². The summed E-state index contributed by atoms with van der Waals surface area (Å²) in [4.78, 5) is 5.12. The second-order valence-electron chi connectivity index (χ2n) is 3.26. The van der Waals surface area contributed by atoms with Crippen LogP contribution in [0.3, 0.4) is 0 Å². The van der Waals surface area contributed by atoms with Gasteiger partial charge in [-0.05, 0) is 32.6 Å². The molecule has 1 heterocycles. The molecule has 0 aromatic carbocycles. The van der Waals surface area contributed by atoms with Crippen molar-refractivity contribution in [1.29, 1.82) is 0 Å². The summed E-state index contributed by atoms with van der Waals surface area (Å²) in [6.07, 6.45) is 4.85. The Morgan fingerprint density at radius 1 is 1.62 bits per heavy atom. The highest BCUT2D eigenvalue weighted by molar-refractivity contribution is 9.09. The van der Waals surface area contributed by atoms with E-state index in [1.165, 1.54) is 30.0 Å². The van der Waals surface area contributed by atoms with Crippen LogP contribution in [0.25, 0.3) is 0 Å². The van der Waals surface area contributed by atoms with Gasteiger partial charge in [0.05, 0.1) is 10.7 Å². The molecule has 0 aliphatic carbocycles. The Bertz CT molecular complexity index is 247. The van der Waals surface area contributed by atoms with Gasteiger partial charge in [-0.2, -0.15) is 0 Å². The zero-order chi connectivity index (χ0) is 9.68. The molecule has 0 aliphatic heterocycles. The first-order valence-corrected chi connectivity index (χ1v) is 6.57. The van der Waals surface area contributed by atoms with Crippen LogP contribution in [0, 0.1) is 6.92 Å². The highest BCUT2D eigenvalue weighted by Gasteiger charge is 2.02. The molecule has 0 N–H and O–H groups in total. The Labute approximate surface area is 92.7 Å². The van der Waals surface area contributed by atoms with E-state index < -0.39 is 0 Å². The van der Waals surface area contributed by atoms with Gasteiger partial charge in [0.2, 0.25) is 0 Å². The molecule has 1 aromatic heterocycles. The van der Waals surface area contributed by atoms with Crippen LogP contribution >= 0.6 is 27.3 Å². The first-order valence-electron chi connectivity index (χ1n) is 4.77. The van der Waals surface area contributed by atoms with Crippen molar-refractivity contribution in [2.75, 3.05) is 0 Å². The maximum absolute atomic E-state index is 4.44. The summed E-state index contributed by atoms with van der Waals surface area (Å²) >= 11 is 5.38. The molecule has 0 aliphatic rings. The molecule has 74 valence electrons. The van der Waals surface area contributed by atoms with Crippen molar-refractivity contribution in [3.8, 4) is 0 Å². The fourth-order valence-corrected chi connectivity index (χ4v) is 2.20. The third-order valence-electron chi connectivity index (χ3n) is 2.06. The molecule has 1 unspecified atom stereocenters. The minimum absolute atomic E-state index is 0.687. The Hall–Kier alpha value is 0.110. The number of hydrogen-bond donors (Lipinski definition) is 0. The third-order valence-corrected chi connectivity index (χ3v) is 3.99. The minimum atomic E-state index is 0.687. The second-order valence-corrected chi connectivity index (χ2v) is 5.61. The SMILES string of the molecule is CCC(Br)CCCc1csc(C)n1. The lowest BCUT2D eigenvalue weighted by atomic mass is 10.1. The summed E-state index contributed by atoms with van der Waals surface area (Å²) in [5, 5.41) is 3.35. The van der Waals surface area contributed by atoms with Crippen molar-refractivity contribution < 1.29 is 0 Å². The van der Waals surface area contributed by atoms with E-state index in [0.29, 0.717) is 4.83 Å². The number of halogens is 1. The molecular weight excluding hydrogens is 246 g/mol. The van der Waals surface area contributed by atoms with Crippen LogP contribution < -0.4 is 0 Å². The van der Waals surface area contributed by atoms with Gasteiger partial charge in [-0.1, -0.05) is 22.9 Å². The van der Waals surface area contributed by atoms with E-state index in [4.69, 9.17) is 0 Å². The van der Waals surface area contributed by atoms with Crippen molar-refractivity contribution >= 4 is 27.3 Å². The lowest BCUT2D eigenvalue weighted by Crippen LogP contribution is -1.96. The molecule has 1 atom stereocenters. The maximum atomic E-state index is 4.44. The van der Waals surface area contributed by atoms with Crippen LogP contribution in [-0.2, 0) is 6.42 Å². The van der Waals surface area contributed by atoms with E-state index in [0.717, 1.165) is 6.42 Å². The molecule has 0 spiro atoms. The van der Waals surface area contributed by atoms with Gasteiger partial charge >= 0.3 is 0 Å². The standard InChI is InChI=1S/C10H16BrNS/c1-3-9(11)5-4-6-10-7-13-8(2)12-10/h7,9H,3-6H2,1-2H3. The average molecular weight is 262 g/mol. The first-order chi connectivity index (χ1) is 6.22. The molecule has 0 fully saturated rings. The molecule has 0 bridgehead atoms. The Balaban J connectivity index is 2.20. The third kappa shape index (κ3) is 4.23. The van der Waals surface area contributed by atoms with E-state index >= 15 is 0 Å². The van der Waals surface area contributed by atoms with Crippen molar-refractivity contribution in [2.24, 2.45) is 0 Å². The molecule has 3 heteroatoms. The van der Waals surface area contributed by atoms with Gasteiger partial charge < -0.3 is 0 Å². The predicted molar refractivity (Wildman–Crippen MR) is 62.8 cm³/mol. The van der Waals surface area contributed by atoms with E-state index in [1.54, 1.807) is 11.3 Å². The maximum Gasteiger partial charge on any atom is 0.0897 e. The Kier molecular flexibility index (Phi) is 4.96. The number of nitrogens with zero attached hydrogens (tertiary/aromatic N) is 1. The summed E-state index contributed by atoms with van der Waals surface area (Å²) in [5.41, 5.74) is 1.26. The molecule has 0 amide bonds. The molecule has 0 radical (unpaired) electrons. The number of aryl methyl sites for hydroxylation is 2. The summed E-state index contributed by atoms with van der Waals surface area (Å²) < 4.78 is 0. The zero-order valence-corrected chi connectivity index (χ0v) is 10.6. The van der Waals surface area contributed by atoms with Gasteiger partial charge in [0.15, 0.2) is 0 Å². The van der Waals surface area contributed by atoms with E-state index in [1.807, 2.05) is 0 Å². The van der Waals surface area contributed by atoms with E-state index in [-0.39, 0.29) is 0 Å². The fraction of sp³-hybridized carbons (Fsp3) is 0.700. The Morgan fingerprint density at radius 2 is 2.38 bits per heavy atom. The van der Waals surface area contributed by atoms with Crippen molar-refractivity contribution in [3.63, 3.8) is 0 Å². The van der Waals surface area contributed by atoms with Gasteiger partial charge in [0.25, 0.3) is 0 Å². The molecule has 0 saturated carbocycles. The number of alkyl halides is 1. The van der Waals surface area contributed by atoms with Gasteiger partial charge in [-0.15, -0.1) is 11.3 Å². The summed E-state index contributed by atoms with van der Waals surface area (Å²) in [6.45, 7) is 4.28. The van der Waals surface area contributed by atoms with Crippen molar-refractivity contribution in [1.82, 2.24) is 4.98 Å². The van der Waals surface area contributed by atoms with E-state index in [9.17, 15) is 0 Å². The second kappa shape index (κ2) is 5.76. The highest BCUT2D eigenvalue weighted by Crippen LogP contribution is 2.15. The average Bonchev–Trinajstić information content (AvgIpc) is 2.51. The molecule has 1 nitrogen and oxygen atoms in total. The smallest absolute Gasteiger partial charge is 0.0897 e. The molecular formula is C10H16BrNS. The van der Waals surface area contributed by atoms with Crippen molar-refractivity contribution in [3.05, 3.63) is 16.1 Å². The molecule has 1 rings (SSSR count). The van der Waals surface area contributed by atoms with Gasteiger partial charge in [-0.25, -0.2) is 4.98 Å². The minimum Gasteiger partial charge on any atom is -0.247 e. The van der Waals surface area contributed by atoms with Crippen LogP contribution in [0.1, 0.15) is 36.9 Å². The number of rotatable bonds is 5. The summed E-state index contributed by atoms with van der Waals surface area (Å²) in [7, 11) is 0. The van der Waals surface area contributed by atoms with Crippen LogP contribution in [-0.4, -0.2) is 9.81 Å². The molecule has 13 heavy (non-hydrogen) atoms. The van der Waals surface area contributed by atoms with Gasteiger partial charge in [0, 0.05) is 10.2 Å². The Morgan fingerprint density at radius 3 is 2.92 bits per heavy atom. The largest absolute Gasteiger partial charge is 0.247 e. The number of aromatic nitrogens is 1. The predicted octanol–water partition coefficient (Wildman–Crippen LogP) is 3.95. The normalized spacial score (nSPS) is 13.2. The molecule has 0 saturated heterocycles. The number of hydrogen-bond acceptors (Lipinski definition) is 2. The highest BCUT2D eigenvalue weighted by atomic mass is 79.9. The lowest BCUT2D eigenvalue weighted by molar-refractivity contribution is 0.683. The lowest BCUT2D eigenvalue weighted by Gasteiger charge is -2.04. The quantitative estimate of drug-likeness (QED) is 0.732. The monoisotopic (exact) mass is 261 g/mol. The van der Waals surface area contributed by atoms with Gasteiger partial charge in [-0.3, -0.25) is 0 Å². The van der Waals surface area contributed by atoms with Gasteiger partial charge in [0.1, 0.15) is 0 Å². The molecule has 1 aromatic rings. The number of thiazole rings is 1. The van der Waals surface area contributed by atoms with Crippen LogP contribution in [0.2, 0.25) is 0 Å². The first kappa shape index (κ1) is 11.2. The van der Waals surface area contributed by atoms with Crippen molar-refractivity contribution in [2.45, 2.75) is 44.4 Å². The summed E-state index contributed by atoms with van der Waals surface area (Å²) in [5.74, 6) is 0. The fourth-order valence-electron chi connectivity index (χ4n) is 1.23. The summed E-state index contributed by atoms with van der Waals surface area (Å²) in [6, 6.07) is 0. The zero-order valence-electron chi connectivity index (χ0n) is 8.22.